The van der Waals surface area contributed by atoms with E-state index in [1.807, 2.05) is 11.8 Å². The Kier molecular flexibility index (Phi) is 4.87. The molecule has 0 N–H and O–H groups in total. The van der Waals surface area contributed by atoms with Crippen molar-refractivity contribution in [2.24, 2.45) is 0 Å². The van der Waals surface area contributed by atoms with Gasteiger partial charge in [0.15, 0.2) is 11.6 Å². The first-order valence-electron chi connectivity index (χ1n) is 9.26. The summed E-state index contributed by atoms with van der Waals surface area (Å²) < 4.78 is 14.2. The summed E-state index contributed by atoms with van der Waals surface area (Å²) in [7, 11) is 1.61. The van der Waals surface area contributed by atoms with E-state index in [1.165, 1.54) is 17.9 Å². The summed E-state index contributed by atoms with van der Waals surface area (Å²) >= 11 is 0. The number of carbonyl (C=O) groups excluding carboxylic acids is 1. The minimum Gasteiger partial charge on any atom is -0.349 e. The van der Waals surface area contributed by atoms with Crippen LogP contribution >= 0.6 is 0 Å². The molecule has 1 amide bonds. The Balaban J connectivity index is 1.66. The Morgan fingerprint density at radius 2 is 1.93 bits per heavy atom. The lowest BCUT2D eigenvalue weighted by atomic mass is 9.99. The van der Waals surface area contributed by atoms with Crippen LogP contribution < -0.4 is 9.80 Å². The number of fused-ring (bicyclic) bond motifs is 1. The van der Waals surface area contributed by atoms with Gasteiger partial charge in [0.25, 0.3) is 0 Å². The Labute approximate surface area is 167 Å². The third-order valence-corrected chi connectivity index (χ3v) is 5.09. The zero-order valence-corrected chi connectivity index (χ0v) is 16.4. The highest BCUT2D eigenvalue weighted by Gasteiger charge is 2.28. The van der Waals surface area contributed by atoms with Gasteiger partial charge in [-0.25, -0.2) is 24.9 Å². The molecule has 3 aromatic rings. The standard InChI is InChI=1S/C20H20FN7O/c1-12-15-11-24-20(19-22-6-4-7-23-19)25-16(15)5-8-28(12)18-10-14(9-17(21)26-18)27(3)13(2)29/h4,6-7,9-12H,5,8H2,1-3H3. The van der Waals surface area contributed by atoms with Crippen molar-refractivity contribution < 1.29 is 9.18 Å². The third kappa shape index (κ3) is 3.63. The Bertz CT molecular complexity index is 1060. The molecule has 8 nitrogen and oxygen atoms in total. The summed E-state index contributed by atoms with van der Waals surface area (Å²) in [5, 5.41) is 0. The summed E-state index contributed by atoms with van der Waals surface area (Å²) in [6, 6.07) is 4.61. The van der Waals surface area contributed by atoms with Crippen LogP contribution in [0.5, 0.6) is 0 Å². The molecule has 29 heavy (non-hydrogen) atoms. The second kappa shape index (κ2) is 7.50. The van der Waals surface area contributed by atoms with Crippen molar-refractivity contribution in [2.75, 3.05) is 23.4 Å². The van der Waals surface area contributed by atoms with Gasteiger partial charge in [-0.15, -0.1) is 0 Å². The zero-order valence-electron chi connectivity index (χ0n) is 16.4. The molecule has 3 aromatic heterocycles. The van der Waals surface area contributed by atoms with E-state index in [1.54, 1.807) is 37.8 Å². The van der Waals surface area contributed by atoms with Gasteiger partial charge in [0.05, 0.1) is 17.4 Å². The molecular formula is C20H20FN7O. The van der Waals surface area contributed by atoms with E-state index in [0.717, 1.165) is 11.3 Å². The smallest absolute Gasteiger partial charge is 0.223 e. The van der Waals surface area contributed by atoms with Gasteiger partial charge in [-0.2, -0.15) is 4.39 Å². The van der Waals surface area contributed by atoms with Gasteiger partial charge in [-0.3, -0.25) is 4.79 Å². The van der Waals surface area contributed by atoms with E-state index < -0.39 is 5.95 Å². The molecule has 4 heterocycles. The fourth-order valence-electron chi connectivity index (χ4n) is 3.39. The maximum Gasteiger partial charge on any atom is 0.223 e. The molecule has 1 unspecified atom stereocenters. The molecule has 0 fully saturated rings. The normalized spacial score (nSPS) is 15.7. The van der Waals surface area contributed by atoms with Crippen molar-refractivity contribution in [1.82, 2.24) is 24.9 Å². The predicted octanol–water partition coefficient (Wildman–Crippen LogP) is 2.57. The molecule has 9 heteroatoms. The molecule has 0 aliphatic carbocycles. The first kappa shape index (κ1) is 18.9. The molecule has 1 aliphatic rings. The molecule has 0 radical (unpaired) electrons. The summed E-state index contributed by atoms with van der Waals surface area (Å²) in [5.41, 5.74) is 2.33. The van der Waals surface area contributed by atoms with E-state index in [2.05, 4.69) is 24.9 Å². The lowest BCUT2D eigenvalue weighted by Gasteiger charge is -2.35. The Morgan fingerprint density at radius 1 is 1.17 bits per heavy atom. The van der Waals surface area contributed by atoms with Crippen LogP contribution in [-0.2, 0) is 11.2 Å². The van der Waals surface area contributed by atoms with Crippen molar-refractivity contribution in [3.63, 3.8) is 0 Å². The van der Waals surface area contributed by atoms with Crippen LogP contribution in [0.25, 0.3) is 11.6 Å². The molecule has 148 valence electrons. The summed E-state index contributed by atoms with van der Waals surface area (Å²) in [4.78, 5) is 36.6. The topological polar surface area (TPSA) is 88.0 Å². The van der Waals surface area contributed by atoms with Crippen molar-refractivity contribution in [1.29, 1.82) is 0 Å². The van der Waals surface area contributed by atoms with E-state index in [9.17, 15) is 9.18 Å². The summed E-state index contributed by atoms with van der Waals surface area (Å²) in [6.07, 6.45) is 5.73. The van der Waals surface area contributed by atoms with Crippen molar-refractivity contribution in [2.45, 2.75) is 26.3 Å². The van der Waals surface area contributed by atoms with Crippen molar-refractivity contribution in [3.05, 3.63) is 54.0 Å². The number of pyridine rings is 1. The van der Waals surface area contributed by atoms with E-state index >= 15 is 0 Å². The van der Waals surface area contributed by atoms with Gasteiger partial charge in [0.2, 0.25) is 11.9 Å². The number of anilines is 2. The molecule has 0 saturated heterocycles. The van der Waals surface area contributed by atoms with Crippen LogP contribution in [-0.4, -0.2) is 44.4 Å². The Morgan fingerprint density at radius 3 is 2.66 bits per heavy atom. The fourth-order valence-corrected chi connectivity index (χ4v) is 3.39. The SMILES string of the molecule is CC(=O)N(C)c1cc(F)nc(N2CCc3nc(-c4ncccn4)ncc3C2C)c1. The quantitative estimate of drug-likeness (QED) is 0.632. The van der Waals surface area contributed by atoms with Crippen LogP contribution in [0.3, 0.4) is 0 Å². The maximum atomic E-state index is 14.2. The second-order valence-corrected chi connectivity index (χ2v) is 6.87. The molecule has 1 atom stereocenters. The lowest BCUT2D eigenvalue weighted by molar-refractivity contribution is -0.116. The van der Waals surface area contributed by atoms with Gasteiger partial charge in [-0.05, 0) is 13.0 Å². The lowest BCUT2D eigenvalue weighted by Crippen LogP contribution is -2.35. The molecule has 1 aliphatic heterocycles. The molecule has 0 spiro atoms. The molecule has 0 bridgehead atoms. The van der Waals surface area contributed by atoms with Gasteiger partial charge in [-0.1, -0.05) is 0 Å². The van der Waals surface area contributed by atoms with Gasteiger partial charge < -0.3 is 9.80 Å². The highest BCUT2D eigenvalue weighted by atomic mass is 19.1. The highest BCUT2D eigenvalue weighted by molar-refractivity contribution is 5.91. The van der Waals surface area contributed by atoms with Crippen LogP contribution in [0.15, 0.2) is 36.8 Å². The van der Waals surface area contributed by atoms with Crippen LogP contribution in [0.2, 0.25) is 0 Å². The monoisotopic (exact) mass is 393 g/mol. The van der Waals surface area contributed by atoms with E-state index in [-0.39, 0.29) is 11.9 Å². The third-order valence-electron chi connectivity index (χ3n) is 5.09. The number of aromatic nitrogens is 5. The minimum atomic E-state index is -0.628. The highest BCUT2D eigenvalue weighted by Crippen LogP contribution is 2.33. The van der Waals surface area contributed by atoms with Crippen molar-refractivity contribution >= 4 is 17.4 Å². The molecule has 0 aromatic carbocycles. The van der Waals surface area contributed by atoms with E-state index in [4.69, 9.17) is 0 Å². The number of carbonyl (C=O) groups is 1. The number of rotatable bonds is 3. The first-order chi connectivity index (χ1) is 13.9. The van der Waals surface area contributed by atoms with Gasteiger partial charge in [0.1, 0.15) is 5.82 Å². The number of hydrogen-bond acceptors (Lipinski definition) is 7. The maximum absolute atomic E-state index is 14.2. The van der Waals surface area contributed by atoms with Crippen molar-refractivity contribution in [3.8, 4) is 11.6 Å². The molecular weight excluding hydrogens is 373 g/mol. The zero-order chi connectivity index (χ0) is 20.5. The minimum absolute atomic E-state index is 0.103. The average molecular weight is 393 g/mol. The first-order valence-corrected chi connectivity index (χ1v) is 9.26. The average Bonchev–Trinajstić information content (AvgIpc) is 2.73. The number of amides is 1. The predicted molar refractivity (Wildman–Crippen MR) is 106 cm³/mol. The Hall–Kier alpha value is -3.49. The summed E-state index contributed by atoms with van der Waals surface area (Å²) in [6.45, 7) is 4.05. The number of hydrogen-bond donors (Lipinski definition) is 0. The largest absolute Gasteiger partial charge is 0.349 e. The van der Waals surface area contributed by atoms with Crippen LogP contribution in [0.1, 0.15) is 31.1 Å². The summed E-state index contributed by atoms with van der Waals surface area (Å²) in [5.74, 6) is 0.633. The molecule has 0 saturated carbocycles. The number of nitrogens with zero attached hydrogens (tertiary/aromatic N) is 7. The fraction of sp³-hybridized carbons (Fsp3) is 0.300. The van der Waals surface area contributed by atoms with Crippen LogP contribution in [0, 0.1) is 5.95 Å². The van der Waals surface area contributed by atoms with Gasteiger partial charge in [0, 0.05) is 63.2 Å². The van der Waals surface area contributed by atoms with Gasteiger partial charge >= 0.3 is 0 Å². The number of halogens is 1. The van der Waals surface area contributed by atoms with E-state index in [0.29, 0.717) is 36.1 Å². The second-order valence-electron chi connectivity index (χ2n) is 6.87. The molecule has 4 rings (SSSR count). The van der Waals surface area contributed by atoms with Crippen LogP contribution in [0.4, 0.5) is 15.9 Å².